The summed E-state index contributed by atoms with van der Waals surface area (Å²) in [6.45, 7) is 0.833. The summed E-state index contributed by atoms with van der Waals surface area (Å²) in [7, 11) is 7.10. The molecule has 0 radical (unpaired) electrons. The Hall–Kier alpha value is -2.08. The molecule has 140 valence electrons. The van der Waals surface area contributed by atoms with Gasteiger partial charge in [-0.1, -0.05) is 29.8 Å². The van der Waals surface area contributed by atoms with Crippen LogP contribution in [0.2, 0.25) is 5.02 Å². The van der Waals surface area contributed by atoms with E-state index in [1.54, 1.807) is 32.4 Å². The summed E-state index contributed by atoms with van der Waals surface area (Å²) in [5.41, 5.74) is 1.61. The van der Waals surface area contributed by atoms with Crippen LogP contribution in [0.1, 0.15) is 22.0 Å². The SMILES string of the molecule is COc1ccc(C(=O)CNCC(c2ccccc2Cl)N(C)C)cc1OC. The standard InChI is InChI=1S/C20H25ClN2O3/c1-23(2)17(15-7-5-6-8-16(15)21)12-22-13-18(24)14-9-10-19(25-3)20(11-14)26-4/h5-11,17,22H,12-13H2,1-4H3. The number of likely N-dealkylation sites (N-methyl/N-ethyl adjacent to an activating group) is 1. The van der Waals surface area contributed by atoms with Gasteiger partial charge in [0.05, 0.1) is 20.8 Å². The second-order valence-corrected chi connectivity index (χ2v) is 6.53. The van der Waals surface area contributed by atoms with Crippen molar-refractivity contribution >= 4 is 17.4 Å². The van der Waals surface area contributed by atoms with Gasteiger partial charge in [-0.25, -0.2) is 0 Å². The molecule has 0 fully saturated rings. The van der Waals surface area contributed by atoms with Crippen molar-refractivity contribution in [3.63, 3.8) is 0 Å². The van der Waals surface area contributed by atoms with E-state index in [0.717, 1.165) is 10.6 Å². The third-order valence-corrected chi connectivity index (χ3v) is 4.56. The van der Waals surface area contributed by atoms with E-state index in [0.29, 0.717) is 23.6 Å². The number of benzene rings is 2. The first-order valence-electron chi connectivity index (χ1n) is 8.34. The number of carbonyl (C=O) groups excluding carboxylic acids is 1. The highest BCUT2D eigenvalue weighted by Gasteiger charge is 2.17. The molecule has 0 aliphatic carbocycles. The molecule has 0 spiro atoms. The predicted octanol–water partition coefficient (Wildman–Crippen LogP) is 3.43. The molecular formula is C20H25ClN2O3. The lowest BCUT2D eigenvalue weighted by Gasteiger charge is -2.26. The quantitative estimate of drug-likeness (QED) is 0.679. The van der Waals surface area contributed by atoms with Gasteiger partial charge in [0.25, 0.3) is 0 Å². The molecule has 2 aromatic rings. The molecule has 0 amide bonds. The fourth-order valence-corrected chi connectivity index (χ4v) is 3.01. The fraction of sp³-hybridized carbons (Fsp3) is 0.350. The normalized spacial score (nSPS) is 12.1. The first-order chi connectivity index (χ1) is 12.5. The molecule has 6 heteroatoms. The molecule has 0 bridgehead atoms. The van der Waals surface area contributed by atoms with Crippen LogP contribution in [-0.4, -0.2) is 52.1 Å². The zero-order chi connectivity index (χ0) is 19.1. The zero-order valence-electron chi connectivity index (χ0n) is 15.6. The number of ether oxygens (including phenoxy) is 2. The Morgan fingerprint density at radius 3 is 2.42 bits per heavy atom. The molecule has 0 aromatic heterocycles. The van der Waals surface area contributed by atoms with Crippen LogP contribution in [0.3, 0.4) is 0 Å². The maximum Gasteiger partial charge on any atom is 0.176 e. The Morgan fingerprint density at radius 1 is 1.12 bits per heavy atom. The summed E-state index contributed by atoms with van der Waals surface area (Å²) in [4.78, 5) is 14.5. The Balaban J connectivity index is 2.01. The van der Waals surface area contributed by atoms with Crippen LogP contribution in [0.15, 0.2) is 42.5 Å². The molecule has 26 heavy (non-hydrogen) atoms. The molecular weight excluding hydrogens is 352 g/mol. The Morgan fingerprint density at radius 2 is 1.81 bits per heavy atom. The number of nitrogens with one attached hydrogen (secondary N) is 1. The smallest absolute Gasteiger partial charge is 0.176 e. The van der Waals surface area contributed by atoms with Crippen LogP contribution in [0.5, 0.6) is 11.5 Å². The maximum atomic E-state index is 12.5. The number of hydrogen-bond acceptors (Lipinski definition) is 5. The van der Waals surface area contributed by atoms with E-state index < -0.39 is 0 Å². The fourth-order valence-electron chi connectivity index (χ4n) is 2.75. The first kappa shape index (κ1) is 20.2. The Bertz CT molecular complexity index is 750. The average Bonchev–Trinajstić information content (AvgIpc) is 2.65. The summed E-state index contributed by atoms with van der Waals surface area (Å²) in [5, 5.41) is 3.96. The summed E-state index contributed by atoms with van der Waals surface area (Å²) in [6, 6.07) is 13.0. The summed E-state index contributed by atoms with van der Waals surface area (Å²) >= 11 is 6.32. The minimum atomic E-state index is -0.0115. The van der Waals surface area contributed by atoms with E-state index in [4.69, 9.17) is 21.1 Å². The highest BCUT2D eigenvalue weighted by Crippen LogP contribution is 2.28. The minimum absolute atomic E-state index is 0.0115. The molecule has 0 saturated heterocycles. The average molecular weight is 377 g/mol. The van der Waals surface area contributed by atoms with Crippen molar-refractivity contribution in [1.29, 1.82) is 0 Å². The summed E-state index contributed by atoms with van der Waals surface area (Å²) in [6.07, 6.45) is 0. The lowest BCUT2D eigenvalue weighted by Crippen LogP contribution is -2.34. The highest BCUT2D eigenvalue weighted by molar-refractivity contribution is 6.31. The second kappa shape index (κ2) is 9.57. The molecule has 2 aromatic carbocycles. The number of methoxy groups -OCH3 is 2. The van der Waals surface area contributed by atoms with Crippen molar-refractivity contribution in [2.24, 2.45) is 0 Å². The van der Waals surface area contributed by atoms with E-state index in [-0.39, 0.29) is 18.4 Å². The van der Waals surface area contributed by atoms with Gasteiger partial charge >= 0.3 is 0 Å². The predicted molar refractivity (Wildman–Crippen MR) is 105 cm³/mol. The topological polar surface area (TPSA) is 50.8 Å². The minimum Gasteiger partial charge on any atom is -0.493 e. The van der Waals surface area contributed by atoms with Crippen molar-refractivity contribution in [1.82, 2.24) is 10.2 Å². The van der Waals surface area contributed by atoms with Crippen molar-refractivity contribution in [2.45, 2.75) is 6.04 Å². The molecule has 0 heterocycles. The van der Waals surface area contributed by atoms with Gasteiger partial charge < -0.3 is 19.7 Å². The number of nitrogens with zero attached hydrogens (tertiary/aromatic N) is 1. The van der Waals surface area contributed by atoms with Crippen LogP contribution in [0.25, 0.3) is 0 Å². The lowest BCUT2D eigenvalue weighted by molar-refractivity contribution is 0.0988. The monoisotopic (exact) mass is 376 g/mol. The van der Waals surface area contributed by atoms with Gasteiger partial charge in [0.1, 0.15) is 0 Å². The van der Waals surface area contributed by atoms with Crippen molar-refractivity contribution in [3.8, 4) is 11.5 Å². The first-order valence-corrected chi connectivity index (χ1v) is 8.72. The lowest BCUT2D eigenvalue weighted by atomic mass is 10.1. The van der Waals surface area contributed by atoms with Gasteiger partial charge in [0.15, 0.2) is 17.3 Å². The van der Waals surface area contributed by atoms with Gasteiger partial charge in [-0.3, -0.25) is 4.79 Å². The van der Waals surface area contributed by atoms with Crippen LogP contribution >= 0.6 is 11.6 Å². The summed E-state index contributed by atoms with van der Waals surface area (Å²) in [5.74, 6) is 1.13. The van der Waals surface area contributed by atoms with E-state index in [1.807, 2.05) is 38.4 Å². The second-order valence-electron chi connectivity index (χ2n) is 6.12. The van der Waals surface area contributed by atoms with Crippen molar-refractivity contribution < 1.29 is 14.3 Å². The summed E-state index contributed by atoms with van der Waals surface area (Å²) < 4.78 is 10.5. The molecule has 0 aliphatic heterocycles. The van der Waals surface area contributed by atoms with Crippen LogP contribution in [0.4, 0.5) is 0 Å². The number of halogens is 1. The number of Topliss-reactive ketones (excluding diaryl/α,β-unsaturated/α-hetero) is 1. The Kier molecular flexibility index (Phi) is 7.45. The molecule has 1 atom stereocenters. The Labute approximate surface area is 159 Å². The zero-order valence-corrected chi connectivity index (χ0v) is 16.3. The number of hydrogen-bond donors (Lipinski definition) is 1. The van der Waals surface area contributed by atoms with Crippen molar-refractivity contribution in [2.75, 3.05) is 41.4 Å². The largest absolute Gasteiger partial charge is 0.493 e. The molecule has 0 saturated carbocycles. The van der Waals surface area contributed by atoms with E-state index >= 15 is 0 Å². The molecule has 1 unspecified atom stereocenters. The van der Waals surface area contributed by atoms with Gasteiger partial charge in [-0.2, -0.15) is 0 Å². The maximum absolute atomic E-state index is 12.5. The van der Waals surface area contributed by atoms with Gasteiger partial charge in [-0.05, 0) is 43.9 Å². The van der Waals surface area contributed by atoms with Gasteiger partial charge in [0.2, 0.25) is 0 Å². The van der Waals surface area contributed by atoms with Gasteiger partial charge in [-0.15, -0.1) is 0 Å². The molecule has 5 nitrogen and oxygen atoms in total. The van der Waals surface area contributed by atoms with Gasteiger partial charge in [0, 0.05) is 23.2 Å². The van der Waals surface area contributed by atoms with E-state index in [9.17, 15) is 4.79 Å². The van der Waals surface area contributed by atoms with Crippen LogP contribution < -0.4 is 14.8 Å². The number of rotatable bonds is 9. The van der Waals surface area contributed by atoms with E-state index in [2.05, 4.69) is 10.2 Å². The number of carbonyl (C=O) groups is 1. The third-order valence-electron chi connectivity index (χ3n) is 4.22. The molecule has 0 aliphatic rings. The number of ketones is 1. The molecule has 2 rings (SSSR count). The van der Waals surface area contributed by atoms with E-state index in [1.165, 1.54) is 0 Å². The molecule has 1 N–H and O–H groups in total. The van der Waals surface area contributed by atoms with Crippen LogP contribution in [0, 0.1) is 0 Å². The van der Waals surface area contributed by atoms with Crippen molar-refractivity contribution in [3.05, 3.63) is 58.6 Å². The van der Waals surface area contributed by atoms with Crippen LogP contribution in [-0.2, 0) is 0 Å². The third kappa shape index (κ3) is 4.97. The highest BCUT2D eigenvalue weighted by atomic mass is 35.5.